The van der Waals surface area contributed by atoms with Crippen molar-refractivity contribution in [1.82, 2.24) is 40.0 Å². The molecule has 3 aromatic heterocycles. The normalized spacial score (nSPS) is 26.1. The molecular formula is C42H46N8O7. The number of nitrogens with one attached hydrogen (secondary N) is 4. The zero-order valence-corrected chi connectivity index (χ0v) is 32.0. The predicted molar refractivity (Wildman–Crippen MR) is 206 cm³/mol. The number of alkyl carbamates (subject to hydrolysis) is 2. The molecule has 1 aromatic carbocycles. The molecule has 0 bridgehead atoms. The first-order valence-electron chi connectivity index (χ1n) is 19.6. The van der Waals surface area contributed by atoms with Gasteiger partial charge in [0.25, 0.3) is 5.91 Å². The summed E-state index contributed by atoms with van der Waals surface area (Å²) >= 11 is 0. The minimum absolute atomic E-state index is 0.0615. The maximum atomic E-state index is 14.1. The Hall–Kier alpha value is -5.96. The highest BCUT2D eigenvalue weighted by atomic mass is 16.5. The zero-order chi connectivity index (χ0) is 39.3. The highest BCUT2D eigenvalue weighted by Gasteiger charge is 2.52. The first kappa shape index (κ1) is 36.7. The number of methoxy groups -OCH3 is 2. The van der Waals surface area contributed by atoms with Gasteiger partial charge in [-0.2, -0.15) is 0 Å². The topological polar surface area (TPSA) is 186 Å². The van der Waals surface area contributed by atoms with Crippen LogP contribution in [0.5, 0.6) is 0 Å². The van der Waals surface area contributed by atoms with Crippen molar-refractivity contribution in [2.45, 2.75) is 79.9 Å². The van der Waals surface area contributed by atoms with Crippen molar-refractivity contribution in [3.05, 3.63) is 113 Å². The van der Waals surface area contributed by atoms with E-state index in [4.69, 9.17) is 24.2 Å². The van der Waals surface area contributed by atoms with E-state index in [1.54, 1.807) is 4.90 Å². The molecule has 2 aliphatic carbocycles. The lowest BCUT2D eigenvalue weighted by molar-refractivity contribution is -0.159. The van der Waals surface area contributed by atoms with Gasteiger partial charge in [-0.05, 0) is 54.9 Å². The minimum atomic E-state index is -1.18. The van der Waals surface area contributed by atoms with Gasteiger partial charge in [-0.3, -0.25) is 9.59 Å². The fourth-order valence-corrected chi connectivity index (χ4v) is 9.45. The van der Waals surface area contributed by atoms with E-state index in [0.717, 1.165) is 46.6 Å². The van der Waals surface area contributed by atoms with E-state index >= 15 is 0 Å². The molecule has 2 fully saturated rings. The number of likely N-dealkylation sites (tertiary alicyclic amines) is 1. The number of aryl methyl sites for hydroxylation is 1. The second-order valence-corrected chi connectivity index (χ2v) is 15.8. The molecule has 5 aliphatic rings. The van der Waals surface area contributed by atoms with Crippen LogP contribution in [0.3, 0.4) is 0 Å². The van der Waals surface area contributed by atoms with Gasteiger partial charge >= 0.3 is 12.2 Å². The summed E-state index contributed by atoms with van der Waals surface area (Å²) in [6.45, 7) is 1.23. The molecule has 2 unspecified atom stereocenters. The van der Waals surface area contributed by atoms with Crippen LogP contribution in [0.4, 0.5) is 9.59 Å². The second-order valence-electron chi connectivity index (χ2n) is 15.8. The standard InChI is InChI=1S/C42H46N8O7/c1-55-39(53)45-29-11-10-27-14-18-49-22-28(19-31(51)34(29)35(27)49)36-43-20-32(46-36)41(15-12-26(13-16-41)25-7-4-3-5-8-25)33-21-44-37(47-33)30-9-6-17-50(30)38(52)42(23-57-24-42)48-40(54)56-2/h3-5,7-8,12-15,18,20-21,28-30,34H,6,9-11,16-17,19,22-24H2,1-2H3,(H,43,46)(H,44,47)(H,45,53)(H,48,54)/t28-,29-,30-,34?,41?/m0/s1. The molecule has 4 N–H and O–H groups in total. The first-order valence-corrected chi connectivity index (χ1v) is 19.6. The molecular weight excluding hydrogens is 729 g/mol. The van der Waals surface area contributed by atoms with Gasteiger partial charge in [0.2, 0.25) is 0 Å². The lowest BCUT2D eigenvalue weighted by Crippen LogP contribution is -2.70. The smallest absolute Gasteiger partial charge is 0.407 e. The van der Waals surface area contributed by atoms with Crippen LogP contribution in [0.1, 0.15) is 89.8 Å². The predicted octanol–water partition coefficient (Wildman–Crippen LogP) is 4.56. The fraction of sp³-hybridized carbons (Fsp3) is 0.429. The van der Waals surface area contributed by atoms with E-state index in [-0.39, 0.29) is 49.3 Å². The molecule has 3 amide bonds. The Morgan fingerprint density at radius 2 is 1.72 bits per heavy atom. The number of carbonyl (C=O) groups excluding carboxylic acids is 4. The fourth-order valence-electron chi connectivity index (χ4n) is 9.45. The number of aromatic nitrogens is 5. The maximum Gasteiger partial charge on any atom is 0.407 e. The Balaban J connectivity index is 1.03. The number of hydrogen-bond acceptors (Lipinski definition) is 9. The molecule has 15 nitrogen and oxygen atoms in total. The molecule has 2 saturated heterocycles. The van der Waals surface area contributed by atoms with E-state index in [0.29, 0.717) is 44.0 Å². The molecule has 0 radical (unpaired) electrons. The molecule has 3 aliphatic heterocycles. The number of imidazole rings is 2. The number of ether oxygens (including phenoxy) is 3. The summed E-state index contributed by atoms with van der Waals surface area (Å²) < 4.78 is 17.3. The molecule has 57 heavy (non-hydrogen) atoms. The third kappa shape index (κ3) is 6.33. The number of amides is 3. The maximum absolute atomic E-state index is 14.1. The first-order chi connectivity index (χ1) is 27.7. The number of rotatable bonds is 8. The number of H-pyrrole nitrogens is 2. The number of aromatic amines is 2. The van der Waals surface area contributed by atoms with Crippen molar-refractivity contribution in [1.29, 1.82) is 0 Å². The number of benzene rings is 1. The molecule has 6 heterocycles. The number of Topliss-reactive ketones (excluding diaryl/α,β-unsaturated/α-hetero) is 1. The van der Waals surface area contributed by atoms with Crippen LogP contribution in [0.2, 0.25) is 0 Å². The summed E-state index contributed by atoms with van der Waals surface area (Å²) in [5.74, 6) is 0.509. The molecule has 0 spiro atoms. The SMILES string of the molecule is COC(=O)N[C@H]1CCc2ccn3c2C1C(=O)C[C@H](c1ncc(C2(c4cnc([C@@H]5CCCN5C(=O)C5(NC(=O)OC)COC5)[nH]4)C=CC(c4ccccc4)=CC2)[nH]1)C3. The highest BCUT2D eigenvalue weighted by Crippen LogP contribution is 2.44. The average Bonchev–Trinajstić information content (AvgIpc) is 4.06. The molecule has 296 valence electrons. The summed E-state index contributed by atoms with van der Waals surface area (Å²) in [5, 5.41) is 5.64. The summed E-state index contributed by atoms with van der Waals surface area (Å²) in [7, 11) is 2.60. The van der Waals surface area contributed by atoms with Crippen molar-refractivity contribution in [3.8, 4) is 0 Å². The van der Waals surface area contributed by atoms with Crippen molar-refractivity contribution in [2.24, 2.45) is 0 Å². The summed E-state index contributed by atoms with van der Waals surface area (Å²) in [6.07, 6.45) is 14.8. The van der Waals surface area contributed by atoms with Gasteiger partial charge in [-0.15, -0.1) is 0 Å². The van der Waals surface area contributed by atoms with Crippen LogP contribution >= 0.6 is 0 Å². The van der Waals surface area contributed by atoms with Crippen LogP contribution in [0, 0.1) is 0 Å². The van der Waals surface area contributed by atoms with Crippen LogP contribution in [0.15, 0.2) is 73.2 Å². The molecule has 15 heteroatoms. The van der Waals surface area contributed by atoms with E-state index in [1.807, 2.05) is 36.8 Å². The summed E-state index contributed by atoms with van der Waals surface area (Å²) in [6, 6.07) is 11.6. The average molecular weight is 775 g/mol. The van der Waals surface area contributed by atoms with Gasteiger partial charge in [0, 0.05) is 55.8 Å². The number of nitrogens with zero attached hydrogens (tertiary/aromatic N) is 4. The van der Waals surface area contributed by atoms with Gasteiger partial charge < -0.3 is 44.3 Å². The third-order valence-electron chi connectivity index (χ3n) is 12.5. The van der Waals surface area contributed by atoms with Gasteiger partial charge in [0.15, 0.2) is 5.54 Å². The Bertz CT molecular complexity index is 2270. The quantitative estimate of drug-likeness (QED) is 0.199. The van der Waals surface area contributed by atoms with Crippen molar-refractivity contribution in [3.63, 3.8) is 0 Å². The Morgan fingerprint density at radius 3 is 2.42 bits per heavy atom. The van der Waals surface area contributed by atoms with E-state index in [9.17, 15) is 19.2 Å². The molecule has 0 saturated carbocycles. The van der Waals surface area contributed by atoms with Gasteiger partial charge in [0.1, 0.15) is 17.4 Å². The number of ketones is 1. The molecule has 5 atom stereocenters. The second kappa shape index (κ2) is 14.5. The van der Waals surface area contributed by atoms with E-state index in [1.165, 1.54) is 14.2 Å². The van der Waals surface area contributed by atoms with Gasteiger partial charge in [-0.1, -0.05) is 48.6 Å². The Morgan fingerprint density at radius 1 is 0.965 bits per heavy atom. The lowest BCUT2D eigenvalue weighted by Gasteiger charge is -2.43. The van der Waals surface area contributed by atoms with Crippen LogP contribution < -0.4 is 10.6 Å². The summed E-state index contributed by atoms with van der Waals surface area (Å²) in [5.41, 5.74) is 4.08. The highest BCUT2D eigenvalue weighted by molar-refractivity contribution is 5.92. The van der Waals surface area contributed by atoms with Crippen molar-refractivity contribution >= 4 is 29.5 Å². The van der Waals surface area contributed by atoms with Gasteiger partial charge in [-0.25, -0.2) is 19.6 Å². The van der Waals surface area contributed by atoms with Crippen molar-refractivity contribution in [2.75, 3.05) is 34.0 Å². The summed E-state index contributed by atoms with van der Waals surface area (Å²) in [4.78, 5) is 71.5. The van der Waals surface area contributed by atoms with Crippen LogP contribution in [-0.2, 0) is 42.2 Å². The number of carbonyl (C=O) groups is 4. The number of allylic oxidation sites excluding steroid dienone is 4. The monoisotopic (exact) mass is 774 g/mol. The van der Waals surface area contributed by atoms with E-state index < -0.39 is 29.1 Å². The van der Waals surface area contributed by atoms with Crippen molar-refractivity contribution < 1.29 is 33.4 Å². The molecule has 9 rings (SSSR count). The number of hydrogen-bond donors (Lipinski definition) is 4. The van der Waals surface area contributed by atoms with Gasteiger partial charge in [0.05, 0.1) is 56.2 Å². The largest absolute Gasteiger partial charge is 0.453 e. The van der Waals surface area contributed by atoms with E-state index in [2.05, 4.69) is 61.6 Å². The Kier molecular flexibility index (Phi) is 9.34. The zero-order valence-electron chi connectivity index (χ0n) is 32.0. The minimum Gasteiger partial charge on any atom is -0.453 e. The molecule has 4 aromatic rings. The lowest BCUT2D eigenvalue weighted by atomic mass is 9.74. The third-order valence-corrected chi connectivity index (χ3v) is 12.5. The van der Waals surface area contributed by atoms with Crippen LogP contribution in [-0.4, -0.2) is 98.8 Å². The van der Waals surface area contributed by atoms with Crippen LogP contribution in [0.25, 0.3) is 5.57 Å². The Labute approximate surface area is 329 Å².